The van der Waals surface area contributed by atoms with Crippen molar-refractivity contribution in [3.8, 4) is 44.5 Å². The smallest absolute Gasteiger partial charge is 0.0540 e. The molecule has 0 aliphatic heterocycles. The Kier molecular flexibility index (Phi) is 10.1. The second-order valence-corrected chi connectivity index (χ2v) is 16.7. The van der Waals surface area contributed by atoms with Gasteiger partial charge in [-0.15, -0.1) is 0 Å². The Balaban J connectivity index is 1.28. The molecule has 1 nitrogen and oxygen atoms in total. The maximum absolute atomic E-state index is 2.51. The number of fused-ring (bicyclic) bond motifs is 1. The van der Waals surface area contributed by atoms with Gasteiger partial charge in [0.25, 0.3) is 0 Å². The Morgan fingerprint density at radius 2 is 0.877 bits per heavy atom. The largest absolute Gasteiger partial charge is 0.309 e. The minimum Gasteiger partial charge on any atom is -0.309 e. The maximum Gasteiger partial charge on any atom is 0.0540 e. The van der Waals surface area contributed by atoms with Crippen LogP contribution in [0.5, 0.6) is 0 Å². The predicted octanol–water partition coefficient (Wildman–Crippen LogP) is 16.3. The van der Waals surface area contributed by atoms with Crippen molar-refractivity contribution in [1.29, 1.82) is 0 Å². The fraction of sp³-hybridized carbons (Fsp3) is 0.179. The van der Waals surface area contributed by atoms with Gasteiger partial charge < -0.3 is 4.90 Å². The highest BCUT2D eigenvalue weighted by Crippen LogP contribution is 2.49. The van der Waals surface area contributed by atoms with Gasteiger partial charge in [0.1, 0.15) is 0 Å². The van der Waals surface area contributed by atoms with Gasteiger partial charge in [-0.05, 0) is 104 Å². The summed E-state index contributed by atoms with van der Waals surface area (Å²) in [6.07, 6.45) is 6.50. The number of para-hydroxylation sites is 2. The van der Waals surface area contributed by atoms with Crippen LogP contribution < -0.4 is 4.90 Å². The third-order valence-corrected chi connectivity index (χ3v) is 12.1. The van der Waals surface area contributed by atoms with Crippen LogP contribution in [-0.4, -0.2) is 0 Å². The third kappa shape index (κ3) is 7.20. The Morgan fingerprint density at radius 3 is 1.49 bits per heavy atom. The maximum atomic E-state index is 2.51. The molecule has 0 bridgehead atoms. The van der Waals surface area contributed by atoms with Crippen LogP contribution in [-0.2, 0) is 5.41 Å². The first kappa shape index (κ1) is 36.5. The van der Waals surface area contributed by atoms with Crippen LogP contribution in [0.2, 0.25) is 0 Å². The highest BCUT2D eigenvalue weighted by atomic mass is 15.1. The predicted molar refractivity (Wildman–Crippen MR) is 245 cm³/mol. The first-order valence-corrected chi connectivity index (χ1v) is 20.8. The van der Waals surface area contributed by atoms with Gasteiger partial charge in [-0.3, -0.25) is 0 Å². The quantitative estimate of drug-likeness (QED) is 0.150. The minimum atomic E-state index is 0.0444. The molecule has 0 heterocycles. The minimum absolute atomic E-state index is 0.0444. The van der Waals surface area contributed by atoms with Crippen LogP contribution in [0.15, 0.2) is 188 Å². The van der Waals surface area contributed by atoms with E-state index >= 15 is 0 Å². The number of anilines is 3. The first-order valence-electron chi connectivity index (χ1n) is 20.8. The number of rotatable bonds is 8. The zero-order valence-electron chi connectivity index (χ0n) is 33.5. The highest BCUT2D eigenvalue weighted by molar-refractivity contribution is 6.05. The molecule has 0 spiro atoms. The zero-order chi connectivity index (χ0) is 38.8. The van der Waals surface area contributed by atoms with Crippen molar-refractivity contribution in [1.82, 2.24) is 0 Å². The normalized spacial score (nSPS) is 13.5. The molecule has 1 aliphatic carbocycles. The standard InChI is InChI=1S/C56H51N/c1-56(2,3)43-36-38-44(39-37-43)57(54-35-17-15-31-51(54)52-33-19-25-42-24-18-32-46(55(42)52)41-22-8-5-9-23-41)53-34-16-14-30-50(53)49-29-13-12-28-48(49)47-27-11-10-26-45(47)40-20-6-4-7-21-40/h4,6-7,10-21,24-39,41H,5,8-9,22-23H2,1-3H3. The van der Waals surface area contributed by atoms with E-state index in [1.54, 1.807) is 0 Å². The second kappa shape index (κ2) is 15.8. The van der Waals surface area contributed by atoms with Crippen LogP contribution in [0.1, 0.15) is 69.9 Å². The van der Waals surface area contributed by atoms with E-state index in [4.69, 9.17) is 0 Å². The van der Waals surface area contributed by atoms with Crippen LogP contribution in [0.3, 0.4) is 0 Å². The molecule has 0 unspecified atom stereocenters. The molecule has 280 valence electrons. The summed E-state index contributed by atoms with van der Waals surface area (Å²) in [7, 11) is 0. The average Bonchev–Trinajstić information content (AvgIpc) is 3.27. The van der Waals surface area contributed by atoms with E-state index < -0.39 is 0 Å². The summed E-state index contributed by atoms with van der Waals surface area (Å²) in [5, 5.41) is 2.72. The molecule has 1 fully saturated rings. The summed E-state index contributed by atoms with van der Waals surface area (Å²) >= 11 is 0. The summed E-state index contributed by atoms with van der Waals surface area (Å²) in [4.78, 5) is 2.51. The van der Waals surface area contributed by atoms with Gasteiger partial charge in [-0.1, -0.05) is 204 Å². The van der Waals surface area contributed by atoms with Crippen molar-refractivity contribution in [3.63, 3.8) is 0 Å². The molecule has 57 heavy (non-hydrogen) atoms. The molecule has 8 aromatic rings. The van der Waals surface area contributed by atoms with Crippen LogP contribution in [0, 0.1) is 0 Å². The molecule has 0 atom stereocenters. The van der Waals surface area contributed by atoms with E-state index in [-0.39, 0.29) is 5.41 Å². The molecule has 0 saturated heterocycles. The molecule has 0 aromatic heterocycles. The zero-order valence-corrected chi connectivity index (χ0v) is 33.5. The van der Waals surface area contributed by atoms with Gasteiger partial charge in [0.15, 0.2) is 0 Å². The van der Waals surface area contributed by atoms with Gasteiger partial charge >= 0.3 is 0 Å². The van der Waals surface area contributed by atoms with Crippen molar-refractivity contribution in [2.45, 2.75) is 64.2 Å². The Morgan fingerprint density at radius 1 is 0.404 bits per heavy atom. The monoisotopic (exact) mass is 737 g/mol. The number of hydrogen-bond acceptors (Lipinski definition) is 1. The lowest BCUT2D eigenvalue weighted by atomic mass is 9.80. The second-order valence-electron chi connectivity index (χ2n) is 16.7. The van der Waals surface area contributed by atoms with Crippen molar-refractivity contribution < 1.29 is 0 Å². The lowest BCUT2D eigenvalue weighted by Crippen LogP contribution is -2.14. The van der Waals surface area contributed by atoms with Crippen molar-refractivity contribution in [2.24, 2.45) is 0 Å². The summed E-state index contributed by atoms with van der Waals surface area (Å²) in [6.45, 7) is 6.87. The Bertz CT molecular complexity index is 2630. The fourth-order valence-electron chi connectivity index (χ4n) is 9.20. The topological polar surface area (TPSA) is 3.24 Å². The molecule has 1 heteroatoms. The third-order valence-electron chi connectivity index (χ3n) is 12.1. The van der Waals surface area contributed by atoms with E-state index in [2.05, 4.69) is 214 Å². The molecule has 8 aromatic carbocycles. The van der Waals surface area contributed by atoms with E-state index in [1.165, 1.54) is 104 Å². The molecule has 0 radical (unpaired) electrons. The molecular formula is C56H51N. The van der Waals surface area contributed by atoms with E-state index in [9.17, 15) is 0 Å². The van der Waals surface area contributed by atoms with Crippen molar-refractivity contribution in [3.05, 3.63) is 199 Å². The summed E-state index contributed by atoms with van der Waals surface area (Å²) in [5.74, 6) is 0.591. The molecular weight excluding hydrogens is 687 g/mol. The summed E-state index contributed by atoms with van der Waals surface area (Å²) in [5.41, 5.74) is 16.1. The lowest BCUT2D eigenvalue weighted by Gasteiger charge is -2.31. The molecule has 9 rings (SSSR count). The van der Waals surface area contributed by atoms with E-state index in [0.717, 1.165) is 11.4 Å². The average molecular weight is 738 g/mol. The number of benzene rings is 8. The number of hydrogen-bond donors (Lipinski definition) is 0. The van der Waals surface area contributed by atoms with Crippen molar-refractivity contribution in [2.75, 3.05) is 4.90 Å². The van der Waals surface area contributed by atoms with E-state index in [1.807, 2.05) is 0 Å². The van der Waals surface area contributed by atoms with Gasteiger partial charge in [0.05, 0.1) is 11.4 Å². The van der Waals surface area contributed by atoms with Crippen LogP contribution >= 0.6 is 0 Å². The summed E-state index contributed by atoms with van der Waals surface area (Å²) in [6, 6.07) is 69.8. The highest BCUT2D eigenvalue weighted by Gasteiger charge is 2.25. The lowest BCUT2D eigenvalue weighted by molar-refractivity contribution is 0.445. The SMILES string of the molecule is CC(C)(C)c1ccc(N(c2ccccc2-c2ccccc2-c2ccccc2-c2ccccc2)c2ccccc2-c2cccc3cccc(C4CCCCC4)c23)cc1. The van der Waals surface area contributed by atoms with Gasteiger partial charge in [0, 0.05) is 16.8 Å². The Hall–Kier alpha value is -6.18. The number of nitrogens with zero attached hydrogens (tertiary/aromatic N) is 1. The molecule has 1 saturated carbocycles. The summed E-state index contributed by atoms with van der Waals surface area (Å²) < 4.78 is 0. The first-order chi connectivity index (χ1) is 28.0. The molecule has 0 N–H and O–H groups in total. The van der Waals surface area contributed by atoms with Gasteiger partial charge in [-0.2, -0.15) is 0 Å². The van der Waals surface area contributed by atoms with Gasteiger partial charge in [0.2, 0.25) is 0 Å². The fourth-order valence-corrected chi connectivity index (χ4v) is 9.20. The Labute approximate surface area is 339 Å². The van der Waals surface area contributed by atoms with E-state index in [0.29, 0.717) is 5.92 Å². The molecule has 0 amide bonds. The molecule has 1 aliphatic rings. The van der Waals surface area contributed by atoms with Crippen LogP contribution in [0.4, 0.5) is 17.1 Å². The van der Waals surface area contributed by atoms with Gasteiger partial charge in [-0.25, -0.2) is 0 Å². The van der Waals surface area contributed by atoms with Crippen LogP contribution in [0.25, 0.3) is 55.3 Å². The van der Waals surface area contributed by atoms with Crippen molar-refractivity contribution >= 4 is 27.8 Å².